The van der Waals surface area contributed by atoms with Gasteiger partial charge in [-0.3, -0.25) is 4.79 Å². The molecule has 2 atom stereocenters. The first-order chi connectivity index (χ1) is 14.1. The zero-order valence-corrected chi connectivity index (χ0v) is 18.1. The highest BCUT2D eigenvalue weighted by molar-refractivity contribution is 5.40. The monoisotopic (exact) mass is 399 g/mol. The fourth-order valence-electron chi connectivity index (χ4n) is 4.65. The van der Waals surface area contributed by atoms with Gasteiger partial charge in [-0.05, 0) is 50.5 Å². The smallest absolute Gasteiger partial charge is 0.227 e. The highest BCUT2D eigenvalue weighted by Crippen LogP contribution is 2.41. The molecule has 1 aromatic carbocycles. The highest BCUT2D eigenvalue weighted by Gasteiger charge is 2.35. The average Bonchev–Trinajstić information content (AvgIpc) is 2.74. The van der Waals surface area contributed by atoms with E-state index in [1.165, 1.54) is 12.0 Å². The Morgan fingerprint density at radius 3 is 2.45 bits per heavy atom. The van der Waals surface area contributed by atoms with Gasteiger partial charge in [0.25, 0.3) is 0 Å². The van der Waals surface area contributed by atoms with Crippen LogP contribution in [0.2, 0.25) is 0 Å². The molecule has 0 saturated heterocycles. The van der Waals surface area contributed by atoms with Gasteiger partial charge in [0.15, 0.2) is 5.75 Å². The number of aryl methyl sites for hydroxylation is 1. The van der Waals surface area contributed by atoms with Crippen molar-refractivity contribution in [3.8, 4) is 5.75 Å². The molecule has 0 amide bonds. The van der Waals surface area contributed by atoms with E-state index in [-0.39, 0.29) is 17.5 Å². The Kier molecular flexibility index (Phi) is 7.37. The SMILES string of the molecule is COc1c(C)n(OC)c2c(c1=O)[C@@H](CCCCCc1ccccc1)CCC2OC. The van der Waals surface area contributed by atoms with Gasteiger partial charge in [0.05, 0.1) is 12.8 Å². The van der Waals surface area contributed by atoms with Crippen LogP contribution in [-0.4, -0.2) is 26.1 Å². The van der Waals surface area contributed by atoms with Crippen LogP contribution in [0.25, 0.3) is 0 Å². The summed E-state index contributed by atoms with van der Waals surface area (Å²) in [4.78, 5) is 18.9. The molecule has 1 aromatic heterocycles. The zero-order valence-electron chi connectivity index (χ0n) is 18.1. The minimum absolute atomic E-state index is 0.00987. The van der Waals surface area contributed by atoms with Gasteiger partial charge in [-0.2, -0.15) is 4.73 Å². The van der Waals surface area contributed by atoms with Crippen molar-refractivity contribution in [3.05, 3.63) is 63.1 Å². The maximum atomic E-state index is 13.2. The first kappa shape index (κ1) is 21.4. The summed E-state index contributed by atoms with van der Waals surface area (Å²) in [6.07, 6.45) is 7.27. The number of hydrogen-bond donors (Lipinski definition) is 0. The molecule has 29 heavy (non-hydrogen) atoms. The normalized spacial score (nSPS) is 18.3. The lowest BCUT2D eigenvalue weighted by molar-refractivity contribution is 0.0472. The minimum Gasteiger partial charge on any atom is -0.491 e. The van der Waals surface area contributed by atoms with Crippen LogP contribution < -0.4 is 15.0 Å². The number of rotatable bonds is 9. The lowest BCUT2D eigenvalue weighted by Crippen LogP contribution is -2.33. The Morgan fingerprint density at radius 2 is 1.79 bits per heavy atom. The summed E-state index contributed by atoms with van der Waals surface area (Å²) in [7, 11) is 4.87. The topological polar surface area (TPSA) is 49.7 Å². The van der Waals surface area contributed by atoms with Gasteiger partial charge in [-0.1, -0.05) is 43.2 Å². The third-order valence-corrected chi connectivity index (χ3v) is 6.10. The molecule has 3 rings (SSSR count). The summed E-state index contributed by atoms with van der Waals surface area (Å²) in [6.45, 7) is 1.85. The van der Waals surface area contributed by atoms with Gasteiger partial charge in [0, 0.05) is 12.7 Å². The van der Waals surface area contributed by atoms with Crippen LogP contribution >= 0.6 is 0 Å². The maximum Gasteiger partial charge on any atom is 0.227 e. The standard InChI is InChI=1S/C24H33NO4/c1-17-24(28-3)23(26)21-19(15-16-20(27-2)22(21)25(17)29-4)14-10-6-9-13-18-11-7-5-8-12-18/h5,7-8,11-12,19-20H,6,9-10,13-16H2,1-4H3/t19-,20?/m0/s1. The largest absolute Gasteiger partial charge is 0.491 e. The Morgan fingerprint density at radius 1 is 1.03 bits per heavy atom. The molecule has 0 radical (unpaired) electrons. The van der Waals surface area contributed by atoms with Gasteiger partial charge in [0.2, 0.25) is 5.43 Å². The second kappa shape index (κ2) is 9.97. The number of methoxy groups -OCH3 is 2. The molecule has 0 fully saturated rings. The van der Waals surface area contributed by atoms with Crippen molar-refractivity contribution in [2.24, 2.45) is 0 Å². The number of unbranched alkanes of at least 4 members (excludes halogenated alkanes) is 2. The molecule has 0 bridgehead atoms. The summed E-state index contributed by atoms with van der Waals surface area (Å²) >= 11 is 0. The number of aromatic nitrogens is 1. The number of hydrogen-bond acceptors (Lipinski definition) is 4. The molecule has 5 nitrogen and oxygen atoms in total. The van der Waals surface area contributed by atoms with Gasteiger partial charge >= 0.3 is 0 Å². The van der Waals surface area contributed by atoms with Crippen molar-refractivity contribution in [1.29, 1.82) is 0 Å². The summed E-state index contributed by atoms with van der Waals surface area (Å²) in [5.74, 6) is 0.591. The Balaban J connectivity index is 1.76. The van der Waals surface area contributed by atoms with E-state index < -0.39 is 0 Å². The minimum atomic E-state index is -0.128. The van der Waals surface area contributed by atoms with E-state index in [2.05, 4.69) is 30.3 Å². The van der Waals surface area contributed by atoms with Crippen LogP contribution in [-0.2, 0) is 11.2 Å². The van der Waals surface area contributed by atoms with Crippen LogP contribution in [0.4, 0.5) is 0 Å². The maximum absolute atomic E-state index is 13.2. The quantitative estimate of drug-likeness (QED) is 0.579. The van der Waals surface area contributed by atoms with E-state index in [9.17, 15) is 4.79 Å². The van der Waals surface area contributed by atoms with E-state index >= 15 is 0 Å². The van der Waals surface area contributed by atoms with Gasteiger partial charge in [0.1, 0.15) is 18.9 Å². The third kappa shape index (κ3) is 4.50. The molecule has 1 unspecified atom stereocenters. The fraction of sp³-hybridized carbons (Fsp3) is 0.542. The first-order valence-electron chi connectivity index (χ1n) is 10.6. The molecule has 1 heterocycles. The van der Waals surface area contributed by atoms with Gasteiger partial charge in [-0.25, -0.2) is 0 Å². The molecule has 1 aliphatic carbocycles. The van der Waals surface area contributed by atoms with E-state index in [0.29, 0.717) is 11.4 Å². The number of fused-ring (bicyclic) bond motifs is 1. The number of nitrogens with zero attached hydrogens (tertiary/aromatic N) is 1. The van der Waals surface area contributed by atoms with Gasteiger partial charge in [-0.15, -0.1) is 0 Å². The summed E-state index contributed by atoms with van der Waals surface area (Å²) < 4.78 is 12.9. The summed E-state index contributed by atoms with van der Waals surface area (Å²) in [5, 5.41) is 0. The molecule has 1 aliphatic rings. The van der Waals surface area contributed by atoms with Crippen LogP contribution in [0.1, 0.15) is 73.1 Å². The second-order valence-electron chi connectivity index (χ2n) is 7.81. The Bertz CT molecular complexity index is 859. The molecule has 5 heteroatoms. The van der Waals surface area contributed by atoms with Gasteiger partial charge < -0.3 is 14.3 Å². The predicted molar refractivity (Wildman–Crippen MR) is 115 cm³/mol. The number of ether oxygens (including phenoxy) is 2. The van der Waals surface area contributed by atoms with Crippen molar-refractivity contribution >= 4 is 0 Å². The van der Waals surface area contributed by atoms with Crippen molar-refractivity contribution in [2.75, 3.05) is 21.3 Å². The van der Waals surface area contributed by atoms with Crippen LogP contribution in [0.15, 0.2) is 35.1 Å². The van der Waals surface area contributed by atoms with E-state index in [1.807, 2.05) is 6.92 Å². The molecule has 0 aliphatic heterocycles. The fourth-order valence-corrected chi connectivity index (χ4v) is 4.65. The Hall–Kier alpha value is -2.27. The van der Waals surface area contributed by atoms with E-state index in [1.54, 1.807) is 26.1 Å². The molecular formula is C24H33NO4. The highest BCUT2D eigenvalue weighted by atomic mass is 16.6. The average molecular weight is 400 g/mol. The van der Waals surface area contributed by atoms with Crippen molar-refractivity contribution in [1.82, 2.24) is 4.73 Å². The number of pyridine rings is 1. The second-order valence-corrected chi connectivity index (χ2v) is 7.81. The van der Waals surface area contributed by atoms with E-state index in [0.717, 1.165) is 49.8 Å². The third-order valence-electron chi connectivity index (χ3n) is 6.10. The first-order valence-corrected chi connectivity index (χ1v) is 10.6. The van der Waals surface area contributed by atoms with Crippen LogP contribution in [0.5, 0.6) is 5.75 Å². The molecular weight excluding hydrogens is 366 g/mol. The van der Waals surface area contributed by atoms with Crippen LogP contribution in [0, 0.1) is 6.92 Å². The molecule has 2 aromatic rings. The number of benzene rings is 1. The predicted octanol–water partition coefficient (Wildman–Crippen LogP) is 4.59. The molecule has 158 valence electrons. The molecule has 0 saturated carbocycles. The zero-order chi connectivity index (χ0) is 20.8. The Labute approximate surface area is 173 Å². The summed E-state index contributed by atoms with van der Waals surface area (Å²) in [6, 6.07) is 10.6. The van der Waals surface area contributed by atoms with Crippen molar-refractivity contribution < 1.29 is 14.3 Å². The lowest BCUT2D eigenvalue weighted by atomic mass is 9.80. The van der Waals surface area contributed by atoms with Crippen LogP contribution in [0.3, 0.4) is 0 Å². The molecule has 0 spiro atoms. The van der Waals surface area contributed by atoms with E-state index in [4.69, 9.17) is 14.3 Å². The molecule has 0 N–H and O–H groups in total. The van der Waals surface area contributed by atoms with Crippen molar-refractivity contribution in [3.63, 3.8) is 0 Å². The summed E-state index contributed by atoms with van der Waals surface area (Å²) in [5.41, 5.74) is 3.74. The van der Waals surface area contributed by atoms with Crippen molar-refractivity contribution in [2.45, 2.75) is 63.9 Å². The lowest BCUT2D eigenvalue weighted by Gasteiger charge is -2.33.